The first-order valence-electron chi connectivity index (χ1n) is 10.6. The molecule has 1 aliphatic heterocycles. The van der Waals surface area contributed by atoms with Gasteiger partial charge in [-0.3, -0.25) is 4.79 Å². The molecule has 0 saturated carbocycles. The highest BCUT2D eigenvalue weighted by atomic mass is 16.2. The maximum absolute atomic E-state index is 12.8. The van der Waals surface area contributed by atoms with Crippen LogP contribution >= 0.6 is 0 Å². The Hall–Kier alpha value is -3.61. The number of anilines is 1. The van der Waals surface area contributed by atoms with Crippen LogP contribution in [0.25, 0.3) is 0 Å². The second-order valence-electron chi connectivity index (χ2n) is 7.80. The highest BCUT2D eigenvalue weighted by Crippen LogP contribution is 2.19. The monoisotopic (exact) mass is 417 g/mol. The molecule has 0 bridgehead atoms. The summed E-state index contributed by atoms with van der Waals surface area (Å²) in [5.41, 5.74) is 2.99. The third-order valence-electron chi connectivity index (χ3n) is 5.59. The van der Waals surface area contributed by atoms with Crippen LogP contribution in [-0.2, 0) is 17.9 Å². The summed E-state index contributed by atoms with van der Waals surface area (Å²) in [5.74, 6) is -0.203. The summed E-state index contributed by atoms with van der Waals surface area (Å²) in [6.07, 6.45) is 7.07. The Morgan fingerprint density at radius 3 is 2.58 bits per heavy atom. The number of hydrogen-bond acceptors (Lipinski definition) is 3. The maximum Gasteiger partial charge on any atom is 0.321 e. The molecule has 0 radical (unpaired) electrons. The number of urea groups is 1. The highest BCUT2D eigenvalue weighted by Gasteiger charge is 2.28. The molecule has 3 amide bonds. The number of rotatable bonds is 6. The Morgan fingerprint density at radius 2 is 1.81 bits per heavy atom. The first-order chi connectivity index (χ1) is 15.2. The van der Waals surface area contributed by atoms with Crippen molar-refractivity contribution in [2.45, 2.75) is 25.9 Å². The van der Waals surface area contributed by atoms with Gasteiger partial charge in [-0.2, -0.15) is 0 Å². The summed E-state index contributed by atoms with van der Waals surface area (Å²) in [6, 6.07) is 17.3. The lowest BCUT2D eigenvalue weighted by atomic mass is 9.97. The van der Waals surface area contributed by atoms with Gasteiger partial charge in [-0.15, -0.1) is 0 Å². The average Bonchev–Trinajstić information content (AvgIpc) is 3.32. The van der Waals surface area contributed by atoms with Gasteiger partial charge in [0.25, 0.3) is 0 Å². The van der Waals surface area contributed by atoms with Crippen molar-refractivity contribution in [1.82, 2.24) is 19.8 Å². The van der Waals surface area contributed by atoms with E-state index in [4.69, 9.17) is 0 Å². The first-order valence-corrected chi connectivity index (χ1v) is 10.6. The van der Waals surface area contributed by atoms with Gasteiger partial charge in [0.15, 0.2) is 0 Å². The van der Waals surface area contributed by atoms with E-state index in [9.17, 15) is 9.59 Å². The second kappa shape index (κ2) is 9.93. The minimum atomic E-state index is -0.198. The van der Waals surface area contributed by atoms with Crippen LogP contribution in [0.15, 0.2) is 73.3 Å². The Bertz CT molecular complexity index is 1000. The van der Waals surface area contributed by atoms with Crippen molar-refractivity contribution >= 4 is 17.6 Å². The van der Waals surface area contributed by atoms with E-state index in [0.29, 0.717) is 26.2 Å². The number of imidazole rings is 1. The molecule has 1 saturated heterocycles. The third kappa shape index (κ3) is 5.51. The summed E-state index contributed by atoms with van der Waals surface area (Å²) in [7, 11) is 0. The van der Waals surface area contributed by atoms with E-state index in [0.717, 1.165) is 29.7 Å². The second-order valence-corrected chi connectivity index (χ2v) is 7.80. The van der Waals surface area contributed by atoms with Crippen molar-refractivity contribution in [3.8, 4) is 0 Å². The number of para-hydroxylation sites is 1. The molecule has 0 aliphatic carbocycles. The quantitative estimate of drug-likeness (QED) is 0.644. The van der Waals surface area contributed by atoms with E-state index in [1.165, 1.54) is 0 Å². The molecule has 0 spiro atoms. The number of piperidine rings is 1. The van der Waals surface area contributed by atoms with Crippen LogP contribution in [0.2, 0.25) is 0 Å². The van der Waals surface area contributed by atoms with Crippen LogP contribution in [0.4, 0.5) is 10.5 Å². The molecule has 1 atom stereocenters. The average molecular weight is 418 g/mol. The summed E-state index contributed by atoms with van der Waals surface area (Å²) < 4.78 is 2.00. The number of nitrogens with one attached hydrogen (secondary N) is 2. The number of benzene rings is 2. The van der Waals surface area contributed by atoms with Crippen molar-refractivity contribution in [3.05, 3.63) is 84.4 Å². The number of aromatic nitrogens is 2. The molecule has 0 unspecified atom stereocenters. The SMILES string of the molecule is O=C(NCc1ccccc1Cn1ccnc1)[C@@H]1CCCN(C(=O)Nc2ccccc2)C1. The molecule has 1 aliphatic rings. The Labute approximate surface area is 182 Å². The summed E-state index contributed by atoms with van der Waals surface area (Å²) >= 11 is 0. The fraction of sp³-hybridized carbons (Fsp3) is 0.292. The van der Waals surface area contributed by atoms with E-state index in [-0.39, 0.29) is 17.9 Å². The minimum absolute atomic E-state index is 0.00496. The number of carbonyl (C=O) groups excluding carboxylic acids is 2. The molecule has 2 aromatic carbocycles. The van der Waals surface area contributed by atoms with E-state index in [1.807, 2.05) is 59.3 Å². The van der Waals surface area contributed by atoms with E-state index in [2.05, 4.69) is 21.7 Å². The van der Waals surface area contributed by atoms with Crippen LogP contribution in [0.1, 0.15) is 24.0 Å². The zero-order chi connectivity index (χ0) is 21.5. The molecule has 1 fully saturated rings. The van der Waals surface area contributed by atoms with Crippen molar-refractivity contribution in [2.24, 2.45) is 5.92 Å². The topological polar surface area (TPSA) is 79.3 Å². The van der Waals surface area contributed by atoms with Crippen LogP contribution in [-0.4, -0.2) is 39.5 Å². The van der Waals surface area contributed by atoms with Gasteiger partial charge in [0.2, 0.25) is 5.91 Å². The van der Waals surface area contributed by atoms with E-state index in [1.54, 1.807) is 17.4 Å². The van der Waals surface area contributed by atoms with E-state index >= 15 is 0 Å². The molecular weight excluding hydrogens is 390 g/mol. The smallest absolute Gasteiger partial charge is 0.321 e. The molecule has 7 nitrogen and oxygen atoms in total. The number of hydrogen-bond donors (Lipinski definition) is 2. The zero-order valence-corrected chi connectivity index (χ0v) is 17.4. The summed E-state index contributed by atoms with van der Waals surface area (Å²) in [4.78, 5) is 31.2. The fourth-order valence-corrected chi connectivity index (χ4v) is 3.89. The van der Waals surface area contributed by atoms with Gasteiger partial charge in [-0.05, 0) is 36.1 Å². The Balaban J connectivity index is 1.32. The molecule has 1 aromatic heterocycles. The summed E-state index contributed by atoms with van der Waals surface area (Å²) in [6.45, 7) is 2.27. The lowest BCUT2D eigenvalue weighted by molar-refractivity contribution is -0.126. The first kappa shape index (κ1) is 20.7. The van der Waals surface area contributed by atoms with Gasteiger partial charge in [-0.25, -0.2) is 9.78 Å². The van der Waals surface area contributed by atoms with Gasteiger partial charge in [-0.1, -0.05) is 42.5 Å². The van der Waals surface area contributed by atoms with E-state index < -0.39 is 0 Å². The molecule has 2 heterocycles. The largest absolute Gasteiger partial charge is 0.352 e. The van der Waals surface area contributed by atoms with Crippen molar-refractivity contribution in [3.63, 3.8) is 0 Å². The predicted octanol–water partition coefficient (Wildman–Crippen LogP) is 3.49. The minimum Gasteiger partial charge on any atom is -0.352 e. The maximum atomic E-state index is 12.8. The normalized spacial score (nSPS) is 16.0. The fourth-order valence-electron chi connectivity index (χ4n) is 3.89. The van der Waals surface area contributed by atoms with Gasteiger partial charge >= 0.3 is 6.03 Å². The molecule has 2 N–H and O–H groups in total. The molecule has 31 heavy (non-hydrogen) atoms. The van der Waals surface area contributed by atoms with Crippen LogP contribution in [0.3, 0.4) is 0 Å². The molecule has 3 aromatic rings. The van der Waals surface area contributed by atoms with Crippen LogP contribution < -0.4 is 10.6 Å². The number of likely N-dealkylation sites (tertiary alicyclic amines) is 1. The molecule has 160 valence electrons. The summed E-state index contributed by atoms with van der Waals surface area (Å²) in [5, 5.41) is 5.98. The zero-order valence-electron chi connectivity index (χ0n) is 17.4. The lowest BCUT2D eigenvalue weighted by Crippen LogP contribution is -2.46. The number of nitrogens with zero attached hydrogens (tertiary/aromatic N) is 3. The number of carbonyl (C=O) groups is 2. The predicted molar refractivity (Wildman–Crippen MR) is 119 cm³/mol. The van der Waals surface area contributed by atoms with Crippen molar-refractivity contribution < 1.29 is 9.59 Å². The highest BCUT2D eigenvalue weighted by molar-refractivity contribution is 5.90. The standard InChI is InChI=1S/C24H27N5O2/c30-23(26-15-19-7-4-5-8-20(19)16-28-14-12-25-18-28)21-9-6-13-29(17-21)24(31)27-22-10-2-1-3-11-22/h1-5,7-8,10-12,14,18,21H,6,9,13,15-17H2,(H,26,30)(H,27,31)/t21-/m1/s1. The van der Waals surface area contributed by atoms with Gasteiger partial charge in [0.1, 0.15) is 0 Å². The van der Waals surface area contributed by atoms with Crippen LogP contribution in [0, 0.1) is 5.92 Å². The molecule has 4 rings (SSSR count). The van der Waals surface area contributed by atoms with Crippen molar-refractivity contribution in [1.29, 1.82) is 0 Å². The van der Waals surface area contributed by atoms with Gasteiger partial charge in [0.05, 0.1) is 12.2 Å². The molecular formula is C24H27N5O2. The van der Waals surface area contributed by atoms with Crippen LogP contribution in [0.5, 0.6) is 0 Å². The van der Waals surface area contributed by atoms with Crippen molar-refractivity contribution in [2.75, 3.05) is 18.4 Å². The molecule has 7 heteroatoms. The van der Waals surface area contributed by atoms with Gasteiger partial charge in [0, 0.05) is 44.3 Å². The Kier molecular flexibility index (Phi) is 6.62. The number of amides is 3. The van der Waals surface area contributed by atoms with Gasteiger partial charge < -0.3 is 20.1 Å². The lowest BCUT2D eigenvalue weighted by Gasteiger charge is -2.32. The third-order valence-corrected chi connectivity index (χ3v) is 5.59. The Morgan fingerprint density at radius 1 is 1.03 bits per heavy atom.